The number of nitrogens with zero attached hydrogens (tertiary/aromatic N) is 1. The van der Waals surface area contributed by atoms with Gasteiger partial charge in [-0.1, -0.05) is 12.1 Å². The number of carbonyl (C=O) groups excluding carboxylic acids is 1. The summed E-state index contributed by atoms with van der Waals surface area (Å²) in [5.41, 5.74) is 3.78. The van der Waals surface area contributed by atoms with Crippen molar-refractivity contribution in [1.29, 1.82) is 0 Å². The molecule has 3 aliphatic heterocycles. The monoisotopic (exact) mass is 811 g/mol. The molecule has 3 heterocycles. The standard InChI is InChI=1S/C37H42F3N3O5S.C2HF3O2/c1-49(45,46)22-27(16-24-2-6-31(39)32(40)17-24)42-35(44)18-25-21-36(30-19-26(38)3-5-29(25)30)8-12-43(13-9-36)28-4-7-33-34(20-28)48-37(23-41-33)10-14-47-15-11-37;3-2(4,5)1(6)7/h2-7,17,19-20,25,27,41H,8-16,18,21-23H2,1H3,(H,42,44);(H,6,7)/t25-,27-;/m1./s1. The summed E-state index contributed by atoms with van der Waals surface area (Å²) in [5, 5.41) is 13.5. The number of aliphatic carboxylic acids is 1. The number of halogens is 6. The minimum absolute atomic E-state index is 0.0292. The lowest BCUT2D eigenvalue weighted by Crippen LogP contribution is -2.49. The third-order valence-corrected chi connectivity index (χ3v) is 12.1. The van der Waals surface area contributed by atoms with E-state index in [2.05, 4.69) is 33.7 Å². The molecule has 2 fully saturated rings. The van der Waals surface area contributed by atoms with E-state index in [9.17, 15) is 39.6 Å². The Kier molecular flexibility index (Phi) is 11.9. The molecule has 0 bridgehead atoms. The van der Waals surface area contributed by atoms with Crippen LogP contribution in [0.15, 0.2) is 54.6 Å². The maximum absolute atomic E-state index is 14.7. The van der Waals surface area contributed by atoms with Crippen LogP contribution in [-0.2, 0) is 36.0 Å². The third kappa shape index (κ3) is 9.71. The van der Waals surface area contributed by atoms with E-state index in [1.165, 1.54) is 12.1 Å². The zero-order valence-electron chi connectivity index (χ0n) is 30.6. The van der Waals surface area contributed by atoms with Gasteiger partial charge in [0.1, 0.15) is 27.0 Å². The van der Waals surface area contributed by atoms with Crippen LogP contribution in [0.25, 0.3) is 0 Å². The Morgan fingerprint density at radius 3 is 2.32 bits per heavy atom. The minimum atomic E-state index is -5.08. The summed E-state index contributed by atoms with van der Waals surface area (Å²) in [5.74, 6) is -5.11. The molecule has 0 saturated carbocycles. The van der Waals surface area contributed by atoms with E-state index in [4.69, 9.17) is 19.4 Å². The van der Waals surface area contributed by atoms with Gasteiger partial charge in [-0.2, -0.15) is 13.2 Å². The van der Waals surface area contributed by atoms with Crippen LogP contribution in [0.2, 0.25) is 0 Å². The van der Waals surface area contributed by atoms with Crippen molar-refractivity contribution >= 4 is 33.1 Å². The van der Waals surface area contributed by atoms with Crippen LogP contribution < -0.4 is 20.3 Å². The highest BCUT2D eigenvalue weighted by Crippen LogP contribution is 2.53. The van der Waals surface area contributed by atoms with Crippen molar-refractivity contribution in [3.8, 4) is 5.75 Å². The van der Waals surface area contributed by atoms with Gasteiger partial charge in [0.15, 0.2) is 11.6 Å². The summed E-state index contributed by atoms with van der Waals surface area (Å²) in [7, 11) is -3.50. The molecule has 0 unspecified atom stereocenters. The first-order valence-corrected chi connectivity index (χ1v) is 20.3. The minimum Gasteiger partial charge on any atom is -0.483 e. The normalized spacial score (nSPS) is 20.1. The first kappa shape index (κ1) is 41.1. The molecular formula is C39H43F6N3O7S. The Morgan fingerprint density at radius 2 is 1.68 bits per heavy atom. The Hall–Kier alpha value is -4.51. The second-order valence-electron chi connectivity index (χ2n) is 15.1. The van der Waals surface area contributed by atoms with Crippen molar-refractivity contribution in [2.75, 3.05) is 55.1 Å². The average Bonchev–Trinajstić information content (AvgIpc) is 3.40. The molecule has 0 radical (unpaired) electrons. The summed E-state index contributed by atoms with van der Waals surface area (Å²) < 4.78 is 110. The second-order valence-corrected chi connectivity index (χ2v) is 17.3. The van der Waals surface area contributed by atoms with E-state index in [-0.39, 0.29) is 47.3 Å². The van der Waals surface area contributed by atoms with E-state index < -0.39 is 39.7 Å². The van der Waals surface area contributed by atoms with Crippen LogP contribution in [0.5, 0.6) is 5.75 Å². The number of fused-ring (bicyclic) bond motifs is 3. The number of hydrogen-bond acceptors (Lipinski definition) is 8. The van der Waals surface area contributed by atoms with E-state index in [0.717, 1.165) is 92.0 Å². The molecule has 3 N–H and O–H groups in total. The fraction of sp³-hybridized carbons (Fsp3) is 0.487. The number of nitrogens with one attached hydrogen (secondary N) is 2. The molecule has 2 saturated heterocycles. The topological polar surface area (TPSA) is 134 Å². The van der Waals surface area contributed by atoms with Crippen molar-refractivity contribution in [3.63, 3.8) is 0 Å². The van der Waals surface area contributed by atoms with Crippen LogP contribution >= 0.6 is 0 Å². The van der Waals surface area contributed by atoms with Gasteiger partial charge in [-0.3, -0.25) is 4.79 Å². The van der Waals surface area contributed by atoms with Crippen LogP contribution in [0.4, 0.5) is 37.7 Å². The van der Waals surface area contributed by atoms with E-state index in [1.807, 2.05) is 0 Å². The number of alkyl halides is 3. The van der Waals surface area contributed by atoms with Crippen LogP contribution in [0, 0.1) is 17.5 Å². The number of benzene rings is 3. The predicted octanol–water partition coefficient (Wildman–Crippen LogP) is 6.28. The van der Waals surface area contributed by atoms with E-state index in [0.29, 0.717) is 25.2 Å². The van der Waals surface area contributed by atoms with Gasteiger partial charge in [0.05, 0.1) is 31.2 Å². The lowest BCUT2D eigenvalue weighted by Gasteiger charge is -2.43. The fourth-order valence-corrected chi connectivity index (χ4v) is 9.28. The molecule has 7 rings (SSSR count). The Morgan fingerprint density at radius 1 is 0.982 bits per heavy atom. The van der Waals surface area contributed by atoms with E-state index >= 15 is 0 Å². The highest BCUT2D eigenvalue weighted by atomic mass is 32.2. The molecule has 0 aromatic heterocycles. The number of carboxylic acid groups (broad SMARTS) is 1. The molecular weight excluding hydrogens is 768 g/mol. The van der Waals surface area contributed by atoms with Gasteiger partial charge in [-0.25, -0.2) is 26.4 Å². The molecule has 1 aliphatic carbocycles. The number of carbonyl (C=O) groups is 2. The number of amides is 1. The van der Waals surface area contributed by atoms with Gasteiger partial charge in [0.2, 0.25) is 5.91 Å². The van der Waals surface area contributed by atoms with Gasteiger partial charge in [-0.05, 0) is 90.1 Å². The fourth-order valence-electron chi connectivity index (χ4n) is 8.35. The summed E-state index contributed by atoms with van der Waals surface area (Å²) in [6, 6.07) is 13.7. The Balaban J connectivity index is 0.000000695. The maximum atomic E-state index is 14.7. The third-order valence-electron chi connectivity index (χ3n) is 11.1. The highest BCUT2D eigenvalue weighted by molar-refractivity contribution is 7.90. The zero-order valence-corrected chi connectivity index (χ0v) is 31.4. The van der Waals surface area contributed by atoms with Crippen molar-refractivity contribution in [3.05, 3.63) is 88.7 Å². The Labute approximate surface area is 320 Å². The van der Waals surface area contributed by atoms with E-state index in [1.54, 1.807) is 12.1 Å². The molecule has 17 heteroatoms. The zero-order chi connectivity index (χ0) is 40.5. The number of carboxylic acids is 1. The molecule has 3 aromatic rings. The molecule has 1 amide bonds. The van der Waals surface area contributed by atoms with Crippen molar-refractivity contribution < 1.29 is 58.9 Å². The van der Waals surface area contributed by atoms with Gasteiger partial charge >= 0.3 is 12.1 Å². The molecule has 56 heavy (non-hydrogen) atoms. The molecule has 304 valence electrons. The number of piperidine rings is 1. The predicted molar refractivity (Wildman–Crippen MR) is 195 cm³/mol. The van der Waals surface area contributed by atoms with Crippen molar-refractivity contribution in [1.82, 2.24) is 5.32 Å². The molecule has 3 aromatic carbocycles. The van der Waals surface area contributed by atoms with Gasteiger partial charge in [-0.15, -0.1) is 0 Å². The van der Waals surface area contributed by atoms with Crippen LogP contribution in [-0.4, -0.2) is 88.1 Å². The number of rotatable bonds is 8. The smallest absolute Gasteiger partial charge is 0.483 e. The average molecular weight is 812 g/mol. The van der Waals surface area contributed by atoms with Gasteiger partial charge in [0, 0.05) is 56.4 Å². The largest absolute Gasteiger partial charge is 0.490 e. The summed E-state index contributed by atoms with van der Waals surface area (Å²) in [6.45, 7) is 3.65. The summed E-state index contributed by atoms with van der Waals surface area (Å²) in [4.78, 5) is 24.7. The number of hydrogen-bond donors (Lipinski definition) is 3. The highest BCUT2D eigenvalue weighted by Gasteiger charge is 2.46. The number of anilines is 2. The molecule has 2 spiro atoms. The number of sulfone groups is 1. The van der Waals surface area contributed by atoms with Gasteiger partial charge < -0.3 is 30.1 Å². The Bertz CT molecular complexity index is 2050. The summed E-state index contributed by atoms with van der Waals surface area (Å²) >= 11 is 0. The number of ether oxygens (including phenoxy) is 2. The van der Waals surface area contributed by atoms with Crippen LogP contribution in [0.1, 0.15) is 61.1 Å². The van der Waals surface area contributed by atoms with Crippen molar-refractivity contribution in [2.45, 2.75) is 74.1 Å². The lowest BCUT2D eigenvalue weighted by atomic mass is 9.73. The second kappa shape index (κ2) is 16.2. The molecule has 2 atom stereocenters. The SMILES string of the molecule is CS(=O)(=O)C[C@@H](Cc1ccc(F)c(F)c1)NC(=O)C[C@@H]1CC2(CCN(c3ccc4c(c3)OC3(CCOCC3)CN4)CC2)c2cc(F)ccc21.O=C(O)C(F)(F)F. The quantitative estimate of drug-likeness (QED) is 0.225. The maximum Gasteiger partial charge on any atom is 0.490 e. The van der Waals surface area contributed by atoms with Crippen LogP contribution in [0.3, 0.4) is 0 Å². The molecule has 4 aliphatic rings. The van der Waals surface area contributed by atoms with Crippen molar-refractivity contribution in [2.24, 2.45) is 0 Å². The lowest BCUT2D eigenvalue weighted by molar-refractivity contribution is -0.192. The summed E-state index contributed by atoms with van der Waals surface area (Å²) in [6.07, 6.45) is 0.0550. The first-order chi connectivity index (χ1) is 26.3. The first-order valence-electron chi connectivity index (χ1n) is 18.2. The van der Waals surface area contributed by atoms with Gasteiger partial charge in [0.25, 0.3) is 0 Å². The molecule has 10 nitrogen and oxygen atoms in total.